The summed E-state index contributed by atoms with van der Waals surface area (Å²) in [5, 5.41) is 3.38. The Bertz CT molecular complexity index is 426. The highest BCUT2D eigenvalue weighted by atomic mass is 14.9. The van der Waals surface area contributed by atoms with E-state index in [-0.39, 0.29) is 5.41 Å². The van der Waals surface area contributed by atoms with E-state index >= 15 is 0 Å². The summed E-state index contributed by atoms with van der Waals surface area (Å²) in [7, 11) is 2.06. The summed E-state index contributed by atoms with van der Waals surface area (Å²) in [5.74, 6) is 1.62. The van der Waals surface area contributed by atoms with Gasteiger partial charge in [0.05, 0.1) is 0 Å². The predicted octanol–water partition coefficient (Wildman–Crippen LogP) is 3.33. The van der Waals surface area contributed by atoms with Crippen LogP contribution in [-0.4, -0.2) is 23.1 Å². The van der Waals surface area contributed by atoms with Crippen molar-refractivity contribution in [3.63, 3.8) is 0 Å². The molecule has 0 atom stereocenters. The zero-order chi connectivity index (χ0) is 14.0. The van der Waals surface area contributed by atoms with Crippen molar-refractivity contribution in [3.05, 3.63) is 23.3 Å². The van der Waals surface area contributed by atoms with E-state index in [0.29, 0.717) is 12.0 Å². The Morgan fingerprint density at radius 3 is 2.26 bits per heavy atom. The van der Waals surface area contributed by atoms with Gasteiger partial charge in [0, 0.05) is 28.8 Å². The molecule has 1 N–H and O–H groups in total. The quantitative estimate of drug-likeness (QED) is 0.887. The molecule has 1 aliphatic rings. The van der Waals surface area contributed by atoms with Crippen molar-refractivity contribution < 1.29 is 0 Å². The first kappa shape index (κ1) is 14.4. The minimum Gasteiger partial charge on any atom is -0.317 e. The normalized spacial score (nSPS) is 24.5. The zero-order valence-electron chi connectivity index (χ0n) is 13.0. The first-order valence-electron chi connectivity index (χ1n) is 7.43. The first-order valence-corrected chi connectivity index (χ1v) is 7.43. The highest BCUT2D eigenvalue weighted by Crippen LogP contribution is 2.32. The second kappa shape index (κ2) is 5.58. The minimum atomic E-state index is 0.102. The smallest absolute Gasteiger partial charge is 0.131 e. The summed E-state index contributed by atoms with van der Waals surface area (Å²) in [6.45, 7) is 8.74. The number of aryl methyl sites for hydroxylation is 1. The molecule has 1 saturated carbocycles. The van der Waals surface area contributed by atoms with Gasteiger partial charge in [0.2, 0.25) is 0 Å². The molecule has 1 aromatic heterocycles. The average molecular weight is 261 g/mol. The van der Waals surface area contributed by atoms with Gasteiger partial charge in [-0.25, -0.2) is 9.97 Å². The van der Waals surface area contributed by atoms with Crippen molar-refractivity contribution >= 4 is 0 Å². The third-order valence-electron chi connectivity index (χ3n) is 4.14. The molecule has 0 radical (unpaired) electrons. The van der Waals surface area contributed by atoms with Crippen molar-refractivity contribution in [2.24, 2.45) is 0 Å². The lowest BCUT2D eigenvalue weighted by molar-refractivity contribution is 0.349. The topological polar surface area (TPSA) is 37.8 Å². The van der Waals surface area contributed by atoms with E-state index in [1.165, 1.54) is 31.4 Å². The van der Waals surface area contributed by atoms with E-state index in [0.717, 1.165) is 11.5 Å². The Morgan fingerprint density at radius 1 is 1.11 bits per heavy atom. The lowest BCUT2D eigenvalue weighted by Crippen LogP contribution is -2.30. The van der Waals surface area contributed by atoms with Gasteiger partial charge >= 0.3 is 0 Å². The molecule has 0 amide bonds. The van der Waals surface area contributed by atoms with Crippen LogP contribution in [0.4, 0.5) is 0 Å². The Hall–Kier alpha value is -0.960. The SMILES string of the molecule is CNC1CCC(c2nc(C)cc(C(C)(C)C)n2)CC1. The van der Waals surface area contributed by atoms with Crippen molar-refractivity contribution in [1.29, 1.82) is 0 Å². The van der Waals surface area contributed by atoms with Gasteiger partial charge in [-0.15, -0.1) is 0 Å². The number of aromatic nitrogens is 2. The lowest BCUT2D eigenvalue weighted by atomic mass is 9.85. The van der Waals surface area contributed by atoms with Crippen molar-refractivity contribution in [3.8, 4) is 0 Å². The summed E-state index contributed by atoms with van der Waals surface area (Å²) in [4.78, 5) is 9.54. The summed E-state index contributed by atoms with van der Waals surface area (Å²) in [6.07, 6.45) is 4.89. The van der Waals surface area contributed by atoms with Crippen LogP contribution in [0.3, 0.4) is 0 Å². The maximum absolute atomic E-state index is 4.85. The second-order valence-corrected chi connectivity index (χ2v) is 6.84. The second-order valence-electron chi connectivity index (χ2n) is 6.84. The summed E-state index contributed by atoms with van der Waals surface area (Å²) in [5.41, 5.74) is 2.38. The molecule has 1 heterocycles. The minimum absolute atomic E-state index is 0.102. The third kappa shape index (κ3) is 3.53. The van der Waals surface area contributed by atoms with E-state index in [1.54, 1.807) is 0 Å². The average Bonchev–Trinajstić information content (AvgIpc) is 2.37. The summed E-state index contributed by atoms with van der Waals surface area (Å²) < 4.78 is 0. The molecule has 0 aliphatic heterocycles. The number of rotatable bonds is 2. The van der Waals surface area contributed by atoms with Crippen LogP contribution >= 0.6 is 0 Å². The first-order chi connectivity index (χ1) is 8.90. The molecule has 3 nitrogen and oxygen atoms in total. The number of nitrogens with zero attached hydrogens (tertiary/aromatic N) is 2. The Labute approximate surface area is 117 Å². The molecule has 0 unspecified atom stereocenters. The molecule has 19 heavy (non-hydrogen) atoms. The van der Waals surface area contributed by atoms with Crippen molar-refractivity contribution in [2.75, 3.05) is 7.05 Å². The van der Waals surface area contributed by atoms with E-state index in [9.17, 15) is 0 Å². The van der Waals surface area contributed by atoms with Crippen LogP contribution in [0.15, 0.2) is 6.07 Å². The van der Waals surface area contributed by atoms with E-state index in [4.69, 9.17) is 9.97 Å². The van der Waals surface area contributed by atoms with Crippen molar-refractivity contribution in [2.45, 2.75) is 70.8 Å². The fraction of sp³-hybridized carbons (Fsp3) is 0.750. The van der Waals surface area contributed by atoms with Gasteiger partial charge in [-0.2, -0.15) is 0 Å². The Morgan fingerprint density at radius 2 is 1.74 bits per heavy atom. The van der Waals surface area contributed by atoms with Gasteiger partial charge in [0.25, 0.3) is 0 Å². The highest BCUT2D eigenvalue weighted by molar-refractivity contribution is 5.19. The zero-order valence-corrected chi connectivity index (χ0v) is 13.0. The number of hydrogen-bond donors (Lipinski definition) is 1. The molecule has 3 heteroatoms. The number of hydrogen-bond acceptors (Lipinski definition) is 3. The lowest BCUT2D eigenvalue weighted by Gasteiger charge is -2.28. The van der Waals surface area contributed by atoms with Crippen LogP contribution in [0.1, 0.15) is 69.6 Å². The van der Waals surface area contributed by atoms with Gasteiger partial charge in [0.15, 0.2) is 0 Å². The van der Waals surface area contributed by atoms with Crippen LogP contribution in [0.5, 0.6) is 0 Å². The van der Waals surface area contributed by atoms with Crippen LogP contribution in [0.25, 0.3) is 0 Å². The predicted molar refractivity (Wildman–Crippen MR) is 79.5 cm³/mol. The standard InChI is InChI=1S/C16H27N3/c1-11-10-14(16(2,3)4)19-15(18-11)12-6-8-13(17-5)9-7-12/h10,12-13,17H,6-9H2,1-5H3. The van der Waals surface area contributed by atoms with Gasteiger partial charge < -0.3 is 5.32 Å². The van der Waals surface area contributed by atoms with E-state index < -0.39 is 0 Å². The van der Waals surface area contributed by atoms with Crippen molar-refractivity contribution in [1.82, 2.24) is 15.3 Å². The molecule has 2 rings (SSSR count). The molecule has 1 aliphatic carbocycles. The molecule has 0 spiro atoms. The van der Waals surface area contributed by atoms with Gasteiger partial charge in [-0.3, -0.25) is 0 Å². The molecular formula is C16H27N3. The molecule has 1 aromatic rings. The highest BCUT2D eigenvalue weighted by Gasteiger charge is 2.25. The molecule has 0 bridgehead atoms. The van der Waals surface area contributed by atoms with Gasteiger partial charge in [-0.05, 0) is 45.7 Å². The van der Waals surface area contributed by atoms with Crippen LogP contribution in [0.2, 0.25) is 0 Å². The van der Waals surface area contributed by atoms with Gasteiger partial charge in [-0.1, -0.05) is 20.8 Å². The molecule has 0 aromatic carbocycles. The largest absolute Gasteiger partial charge is 0.317 e. The molecular weight excluding hydrogens is 234 g/mol. The van der Waals surface area contributed by atoms with Crippen LogP contribution in [0, 0.1) is 6.92 Å². The Kier molecular flexibility index (Phi) is 4.24. The fourth-order valence-electron chi connectivity index (χ4n) is 2.80. The third-order valence-corrected chi connectivity index (χ3v) is 4.14. The maximum atomic E-state index is 4.85. The summed E-state index contributed by atoms with van der Waals surface area (Å²) >= 11 is 0. The Balaban J connectivity index is 2.19. The van der Waals surface area contributed by atoms with Gasteiger partial charge in [0.1, 0.15) is 5.82 Å². The molecule has 106 valence electrons. The molecule has 1 fully saturated rings. The maximum Gasteiger partial charge on any atom is 0.131 e. The van der Waals surface area contributed by atoms with Crippen LogP contribution < -0.4 is 5.32 Å². The summed E-state index contributed by atoms with van der Waals surface area (Å²) in [6, 6.07) is 2.81. The van der Waals surface area contributed by atoms with Crippen LogP contribution in [-0.2, 0) is 5.41 Å². The van der Waals surface area contributed by atoms with E-state index in [2.05, 4.69) is 46.1 Å². The van der Waals surface area contributed by atoms with E-state index in [1.807, 2.05) is 0 Å². The molecule has 0 saturated heterocycles. The number of nitrogens with one attached hydrogen (secondary N) is 1. The fourth-order valence-corrected chi connectivity index (χ4v) is 2.80. The monoisotopic (exact) mass is 261 g/mol.